The van der Waals surface area contributed by atoms with Crippen LogP contribution in [0.25, 0.3) is 0 Å². The van der Waals surface area contributed by atoms with Crippen LogP contribution in [0.1, 0.15) is 59.4 Å². The number of carbonyl (C=O) groups excluding carboxylic acids is 2. The third-order valence-corrected chi connectivity index (χ3v) is 5.24. The van der Waals surface area contributed by atoms with Gasteiger partial charge in [0.05, 0.1) is 0 Å². The fourth-order valence-electron chi connectivity index (χ4n) is 3.29. The quantitative estimate of drug-likeness (QED) is 0.620. The number of nitrogens with zero attached hydrogens (tertiary/aromatic N) is 2. The lowest BCUT2D eigenvalue weighted by molar-refractivity contribution is -0.138. The van der Waals surface area contributed by atoms with E-state index in [1.807, 2.05) is 49.0 Å². The third kappa shape index (κ3) is 6.43. The average molecular weight is 391 g/mol. The van der Waals surface area contributed by atoms with E-state index in [0.29, 0.717) is 13.1 Å². The Kier molecular flexibility index (Phi) is 9.83. The summed E-state index contributed by atoms with van der Waals surface area (Å²) < 4.78 is 0. The molecule has 0 heterocycles. The minimum absolute atomic E-state index is 0.0495. The molecule has 0 spiro atoms. The van der Waals surface area contributed by atoms with Crippen LogP contribution in [0.5, 0.6) is 0 Å². The van der Waals surface area contributed by atoms with Crippen LogP contribution < -0.4 is 15.5 Å². The van der Waals surface area contributed by atoms with E-state index in [1.54, 1.807) is 0 Å². The van der Waals surface area contributed by atoms with Crippen LogP contribution in [0.4, 0.5) is 16.2 Å². The molecule has 1 rings (SSSR count). The van der Waals surface area contributed by atoms with E-state index in [-0.39, 0.29) is 23.9 Å². The summed E-state index contributed by atoms with van der Waals surface area (Å²) in [6.07, 6.45) is 2.60. The van der Waals surface area contributed by atoms with Crippen molar-refractivity contribution < 1.29 is 9.59 Å². The highest BCUT2D eigenvalue weighted by Gasteiger charge is 2.26. The zero-order chi connectivity index (χ0) is 21.3. The highest BCUT2D eigenvalue weighted by atomic mass is 16.2. The number of rotatable bonds is 10. The van der Waals surface area contributed by atoms with Gasteiger partial charge in [-0.1, -0.05) is 20.8 Å². The average Bonchev–Trinajstić information content (AvgIpc) is 2.66. The van der Waals surface area contributed by atoms with Crippen molar-refractivity contribution in [3.8, 4) is 0 Å². The van der Waals surface area contributed by atoms with E-state index in [1.165, 1.54) is 0 Å². The van der Waals surface area contributed by atoms with E-state index in [2.05, 4.69) is 38.3 Å². The molecule has 6 nitrogen and oxygen atoms in total. The van der Waals surface area contributed by atoms with Crippen LogP contribution in [0.15, 0.2) is 18.2 Å². The molecule has 1 aromatic carbocycles. The lowest BCUT2D eigenvalue weighted by Crippen LogP contribution is -2.41. The highest BCUT2D eigenvalue weighted by molar-refractivity contribution is 5.89. The zero-order valence-corrected chi connectivity index (χ0v) is 18.6. The molecule has 2 N–H and O–H groups in total. The Balaban J connectivity index is 3.23. The molecular formula is C22H38N4O2. The normalized spacial score (nSPS) is 11.9. The summed E-state index contributed by atoms with van der Waals surface area (Å²) in [5, 5.41) is 5.61. The van der Waals surface area contributed by atoms with Crippen molar-refractivity contribution >= 4 is 23.3 Å². The molecule has 0 unspecified atom stereocenters. The molecule has 6 heteroatoms. The van der Waals surface area contributed by atoms with E-state index in [9.17, 15) is 9.59 Å². The lowest BCUT2D eigenvalue weighted by atomic mass is 9.99. The fourth-order valence-corrected chi connectivity index (χ4v) is 3.29. The number of urea groups is 1. The Morgan fingerprint density at radius 1 is 1.04 bits per heavy atom. The summed E-state index contributed by atoms with van der Waals surface area (Å²) in [7, 11) is 3.98. The summed E-state index contributed by atoms with van der Waals surface area (Å²) in [6.45, 7) is 11.3. The van der Waals surface area contributed by atoms with Gasteiger partial charge in [-0.2, -0.15) is 0 Å². The Morgan fingerprint density at radius 2 is 1.68 bits per heavy atom. The first-order valence-electron chi connectivity index (χ1n) is 10.4. The van der Waals surface area contributed by atoms with Gasteiger partial charge in [0.2, 0.25) is 5.91 Å². The van der Waals surface area contributed by atoms with Crippen molar-refractivity contribution in [3.05, 3.63) is 23.8 Å². The van der Waals surface area contributed by atoms with E-state index in [4.69, 9.17) is 0 Å². The molecule has 0 radical (unpaired) electrons. The lowest BCUT2D eigenvalue weighted by Gasteiger charge is -2.33. The van der Waals surface area contributed by atoms with Gasteiger partial charge < -0.3 is 20.4 Å². The second kappa shape index (κ2) is 11.6. The van der Waals surface area contributed by atoms with Crippen molar-refractivity contribution in [1.82, 2.24) is 10.2 Å². The van der Waals surface area contributed by atoms with Crippen molar-refractivity contribution in [3.63, 3.8) is 0 Å². The molecule has 158 valence electrons. The van der Waals surface area contributed by atoms with Crippen molar-refractivity contribution in [2.24, 2.45) is 5.92 Å². The van der Waals surface area contributed by atoms with Crippen LogP contribution in [-0.2, 0) is 11.3 Å². The van der Waals surface area contributed by atoms with Crippen molar-refractivity contribution in [1.29, 1.82) is 0 Å². The van der Waals surface area contributed by atoms with Crippen LogP contribution in [-0.4, -0.2) is 43.5 Å². The predicted octanol–water partition coefficient (Wildman–Crippen LogP) is 4.46. The first-order valence-corrected chi connectivity index (χ1v) is 10.4. The molecule has 0 saturated heterocycles. The van der Waals surface area contributed by atoms with Crippen LogP contribution in [0.2, 0.25) is 0 Å². The van der Waals surface area contributed by atoms with Crippen LogP contribution in [0.3, 0.4) is 0 Å². The molecular weight excluding hydrogens is 352 g/mol. The van der Waals surface area contributed by atoms with Gasteiger partial charge >= 0.3 is 6.03 Å². The highest BCUT2D eigenvalue weighted by Crippen LogP contribution is 2.27. The first-order chi connectivity index (χ1) is 13.3. The predicted molar refractivity (Wildman–Crippen MR) is 118 cm³/mol. The zero-order valence-electron chi connectivity index (χ0n) is 18.6. The maximum atomic E-state index is 13.2. The number of hydrogen-bond acceptors (Lipinski definition) is 3. The molecule has 28 heavy (non-hydrogen) atoms. The standard InChI is InChI=1S/C22H38N4O2/c1-8-16(5)26(21(27)17(9-2)10-3)15-18-14-19(24-22(28)23-11-4)12-13-20(18)25(6)7/h12-14,16-17H,8-11,15H2,1-7H3,(H2,23,24,28)/t16-/m0/s1. The van der Waals surface area contributed by atoms with Gasteiger partial charge in [-0.05, 0) is 56.9 Å². The summed E-state index contributed by atoms with van der Waals surface area (Å²) in [5.41, 5.74) is 2.80. The maximum absolute atomic E-state index is 13.2. The SMILES string of the molecule is CCNC(=O)Nc1ccc(N(C)C)c(CN(C(=O)C(CC)CC)[C@@H](C)CC)c1. The summed E-state index contributed by atoms with van der Waals surface area (Å²) in [6, 6.07) is 5.79. The number of anilines is 2. The van der Waals surface area contributed by atoms with Gasteiger partial charge in [-0.25, -0.2) is 4.79 Å². The van der Waals surface area contributed by atoms with Gasteiger partial charge in [0.15, 0.2) is 0 Å². The molecule has 0 fully saturated rings. The van der Waals surface area contributed by atoms with Gasteiger partial charge in [0.25, 0.3) is 0 Å². The van der Waals surface area contributed by atoms with Crippen LogP contribution >= 0.6 is 0 Å². The molecule has 1 aromatic rings. The molecule has 0 saturated carbocycles. The maximum Gasteiger partial charge on any atom is 0.319 e. The summed E-state index contributed by atoms with van der Waals surface area (Å²) in [5.74, 6) is 0.264. The largest absolute Gasteiger partial charge is 0.377 e. The van der Waals surface area contributed by atoms with Gasteiger partial charge in [0.1, 0.15) is 0 Å². The number of carbonyl (C=O) groups is 2. The molecule has 3 amide bonds. The number of nitrogens with one attached hydrogen (secondary N) is 2. The molecule has 0 aliphatic heterocycles. The topological polar surface area (TPSA) is 64.7 Å². The monoisotopic (exact) mass is 390 g/mol. The molecule has 0 bridgehead atoms. The second-order valence-electron chi connectivity index (χ2n) is 7.46. The Bertz CT molecular complexity index is 641. The molecule has 0 aliphatic rings. The van der Waals surface area contributed by atoms with E-state index in [0.717, 1.165) is 36.2 Å². The second-order valence-corrected chi connectivity index (χ2v) is 7.46. The Morgan fingerprint density at radius 3 is 2.18 bits per heavy atom. The minimum Gasteiger partial charge on any atom is -0.377 e. The molecule has 0 aliphatic carbocycles. The molecule has 0 aromatic heterocycles. The van der Waals surface area contributed by atoms with E-state index < -0.39 is 0 Å². The first kappa shape index (κ1) is 23.8. The third-order valence-electron chi connectivity index (χ3n) is 5.24. The van der Waals surface area contributed by atoms with Gasteiger partial charge in [-0.15, -0.1) is 0 Å². The van der Waals surface area contributed by atoms with Gasteiger partial charge in [-0.3, -0.25) is 4.79 Å². The Labute approximate surface area is 170 Å². The summed E-state index contributed by atoms with van der Waals surface area (Å²) in [4.78, 5) is 29.1. The van der Waals surface area contributed by atoms with E-state index >= 15 is 0 Å². The van der Waals surface area contributed by atoms with Crippen LogP contribution in [0, 0.1) is 5.92 Å². The molecule has 1 atom stereocenters. The summed E-state index contributed by atoms with van der Waals surface area (Å²) >= 11 is 0. The number of amides is 3. The fraction of sp³-hybridized carbons (Fsp3) is 0.636. The van der Waals surface area contributed by atoms with Crippen molar-refractivity contribution in [2.75, 3.05) is 30.9 Å². The minimum atomic E-state index is -0.224. The smallest absolute Gasteiger partial charge is 0.319 e. The Hall–Kier alpha value is -2.24. The van der Waals surface area contributed by atoms with Crippen molar-refractivity contribution in [2.45, 2.75) is 66.5 Å². The number of benzene rings is 1. The van der Waals surface area contributed by atoms with Gasteiger partial charge in [0, 0.05) is 50.5 Å². The number of hydrogen-bond donors (Lipinski definition) is 2.